The minimum Gasteiger partial charge on any atom is -0.496 e. The number of nitrogens with zero attached hydrogens (tertiary/aromatic N) is 2. The summed E-state index contributed by atoms with van der Waals surface area (Å²) in [6, 6.07) is 8.52. The fraction of sp³-hybridized carbons (Fsp3) is 0.250. The smallest absolute Gasteiger partial charge is 0.258 e. The van der Waals surface area contributed by atoms with Gasteiger partial charge in [0.1, 0.15) is 17.3 Å². The molecular formula is C24H20ClF3N4O2. The molecule has 2 fully saturated rings. The van der Waals surface area contributed by atoms with Gasteiger partial charge in [-0.3, -0.25) is 9.78 Å². The quantitative estimate of drug-likeness (QED) is 0.548. The Balaban J connectivity index is 1.50. The number of ether oxygens (including phenoxy) is 1. The van der Waals surface area contributed by atoms with Gasteiger partial charge in [0.05, 0.1) is 34.6 Å². The van der Waals surface area contributed by atoms with Crippen molar-refractivity contribution in [2.75, 3.05) is 30.4 Å². The van der Waals surface area contributed by atoms with Crippen LogP contribution in [-0.2, 0) is 0 Å². The van der Waals surface area contributed by atoms with Crippen molar-refractivity contribution in [3.8, 4) is 17.0 Å². The van der Waals surface area contributed by atoms with Crippen molar-refractivity contribution in [2.24, 2.45) is 0 Å². The van der Waals surface area contributed by atoms with Gasteiger partial charge in [0.15, 0.2) is 11.6 Å². The molecule has 0 radical (unpaired) electrons. The predicted molar refractivity (Wildman–Crippen MR) is 123 cm³/mol. The van der Waals surface area contributed by atoms with E-state index in [2.05, 4.69) is 20.5 Å². The van der Waals surface area contributed by atoms with Crippen LogP contribution in [0.15, 0.2) is 42.6 Å². The highest BCUT2D eigenvalue weighted by Gasteiger charge is 2.38. The van der Waals surface area contributed by atoms with E-state index in [9.17, 15) is 13.6 Å². The van der Waals surface area contributed by atoms with Crippen LogP contribution in [0, 0.1) is 17.5 Å². The summed E-state index contributed by atoms with van der Waals surface area (Å²) in [6.45, 7) is 1.52. The van der Waals surface area contributed by atoms with Gasteiger partial charge in [0, 0.05) is 31.4 Å². The largest absolute Gasteiger partial charge is 0.496 e. The van der Waals surface area contributed by atoms with E-state index in [4.69, 9.17) is 16.3 Å². The molecule has 10 heteroatoms. The van der Waals surface area contributed by atoms with E-state index in [1.165, 1.54) is 43.6 Å². The van der Waals surface area contributed by atoms with Crippen LogP contribution in [0.4, 0.5) is 24.5 Å². The number of nitrogens with one attached hydrogen (secondary N) is 2. The highest BCUT2D eigenvalue weighted by atomic mass is 35.5. The maximum Gasteiger partial charge on any atom is 0.258 e. The molecule has 2 aromatic carbocycles. The number of methoxy groups -OCH3 is 1. The number of carbonyl (C=O) groups is 1. The predicted octanol–water partition coefficient (Wildman–Crippen LogP) is 4.63. The first-order valence-electron chi connectivity index (χ1n) is 10.6. The normalized spacial score (nSPS) is 18.9. The van der Waals surface area contributed by atoms with Crippen LogP contribution in [0.5, 0.6) is 5.75 Å². The molecule has 2 aliphatic rings. The van der Waals surface area contributed by atoms with Crippen LogP contribution < -0.4 is 20.3 Å². The molecule has 5 rings (SSSR count). The van der Waals surface area contributed by atoms with E-state index < -0.39 is 29.1 Å². The van der Waals surface area contributed by atoms with Gasteiger partial charge < -0.3 is 20.3 Å². The van der Waals surface area contributed by atoms with Gasteiger partial charge in [-0.1, -0.05) is 11.6 Å². The fourth-order valence-corrected chi connectivity index (χ4v) is 4.78. The first kappa shape index (κ1) is 22.5. The summed E-state index contributed by atoms with van der Waals surface area (Å²) in [5.41, 5.74) is -0.227. The van der Waals surface area contributed by atoms with Crippen molar-refractivity contribution in [1.82, 2.24) is 10.3 Å². The molecule has 0 unspecified atom stereocenters. The number of fused-ring (bicyclic) bond motifs is 2. The van der Waals surface area contributed by atoms with Gasteiger partial charge in [0.25, 0.3) is 5.91 Å². The van der Waals surface area contributed by atoms with Crippen LogP contribution in [0.25, 0.3) is 11.3 Å². The molecular weight excluding hydrogens is 469 g/mol. The van der Waals surface area contributed by atoms with Crippen LogP contribution in [-0.4, -0.2) is 43.2 Å². The van der Waals surface area contributed by atoms with Crippen LogP contribution >= 0.6 is 11.6 Å². The number of hydrogen-bond acceptors (Lipinski definition) is 5. The van der Waals surface area contributed by atoms with E-state index >= 15 is 4.39 Å². The zero-order chi connectivity index (χ0) is 24.0. The number of piperazine rings is 1. The first-order chi connectivity index (χ1) is 16.4. The summed E-state index contributed by atoms with van der Waals surface area (Å²) in [7, 11) is 1.30. The Bertz CT molecular complexity index is 1290. The third-order valence-electron chi connectivity index (χ3n) is 6.22. The lowest BCUT2D eigenvalue weighted by Gasteiger charge is -2.31. The zero-order valence-electron chi connectivity index (χ0n) is 18.0. The van der Waals surface area contributed by atoms with E-state index in [0.717, 1.165) is 19.5 Å². The van der Waals surface area contributed by atoms with Crippen molar-refractivity contribution >= 4 is 28.9 Å². The molecule has 2 atom stereocenters. The van der Waals surface area contributed by atoms with Crippen LogP contribution in [0.3, 0.4) is 0 Å². The number of pyridine rings is 1. The molecule has 176 valence electrons. The molecule has 2 aliphatic heterocycles. The second-order valence-corrected chi connectivity index (χ2v) is 8.63. The summed E-state index contributed by atoms with van der Waals surface area (Å²) in [5.74, 6) is -3.33. The van der Waals surface area contributed by atoms with Crippen molar-refractivity contribution in [3.05, 3.63) is 70.6 Å². The number of aromatic nitrogens is 1. The van der Waals surface area contributed by atoms with Gasteiger partial charge >= 0.3 is 0 Å². The molecule has 34 heavy (non-hydrogen) atoms. The topological polar surface area (TPSA) is 66.5 Å². The number of halogens is 4. The SMILES string of the molecule is COc1ccc(Cl)c(F)c1-c1nccc(C(=O)Nc2cc(F)ccc2N2C[C@H]3C[C@@H]2CN3)c1F. The highest BCUT2D eigenvalue weighted by molar-refractivity contribution is 6.31. The summed E-state index contributed by atoms with van der Waals surface area (Å²) < 4.78 is 49.4. The minimum atomic E-state index is -1.05. The van der Waals surface area contributed by atoms with Crippen molar-refractivity contribution in [3.63, 3.8) is 0 Å². The Labute approximate surface area is 198 Å². The maximum atomic E-state index is 15.5. The second kappa shape index (κ2) is 8.81. The minimum absolute atomic E-state index is 0.0102. The van der Waals surface area contributed by atoms with Crippen molar-refractivity contribution in [2.45, 2.75) is 18.5 Å². The summed E-state index contributed by atoms with van der Waals surface area (Å²) >= 11 is 5.87. The lowest BCUT2D eigenvalue weighted by molar-refractivity contribution is 0.102. The monoisotopic (exact) mass is 488 g/mol. The summed E-state index contributed by atoms with van der Waals surface area (Å²) in [4.78, 5) is 19.1. The Kier molecular flexibility index (Phi) is 5.83. The fourth-order valence-electron chi connectivity index (χ4n) is 4.62. The van der Waals surface area contributed by atoms with Crippen LogP contribution in [0.2, 0.25) is 5.02 Å². The molecule has 3 aromatic rings. The van der Waals surface area contributed by atoms with E-state index in [1.54, 1.807) is 6.07 Å². The molecule has 1 amide bonds. The average Bonchev–Trinajstić information content (AvgIpc) is 3.45. The van der Waals surface area contributed by atoms with Crippen molar-refractivity contribution in [1.29, 1.82) is 0 Å². The molecule has 3 heterocycles. The Morgan fingerprint density at radius 1 is 1.21 bits per heavy atom. The second-order valence-electron chi connectivity index (χ2n) is 8.22. The highest BCUT2D eigenvalue weighted by Crippen LogP contribution is 2.38. The van der Waals surface area contributed by atoms with Gasteiger partial charge in [0.2, 0.25) is 0 Å². The molecule has 0 aliphatic carbocycles. The lowest BCUT2D eigenvalue weighted by atomic mass is 10.1. The van der Waals surface area contributed by atoms with Gasteiger partial charge in [-0.25, -0.2) is 13.2 Å². The number of hydrogen-bond donors (Lipinski definition) is 2. The zero-order valence-corrected chi connectivity index (χ0v) is 18.8. The van der Waals surface area contributed by atoms with E-state index in [-0.39, 0.29) is 33.6 Å². The molecule has 2 bridgehead atoms. The van der Waals surface area contributed by atoms with Gasteiger partial charge in [-0.05, 0) is 42.8 Å². The average molecular weight is 489 g/mol. The number of benzene rings is 2. The molecule has 2 saturated heterocycles. The van der Waals surface area contributed by atoms with E-state index in [1.807, 2.05) is 0 Å². The number of carbonyl (C=O) groups excluding carboxylic acids is 1. The van der Waals surface area contributed by atoms with Gasteiger partial charge in [-0.15, -0.1) is 0 Å². The maximum absolute atomic E-state index is 15.5. The Hall–Kier alpha value is -3.30. The Morgan fingerprint density at radius 2 is 2.03 bits per heavy atom. The summed E-state index contributed by atoms with van der Waals surface area (Å²) in [6.07, 6.45) is 2.14. The van der Waals surface area contributed by atoms with Crippen LogP contribution in [0.1, 0.15) is 16.8 Å². The molecule has 1 aromatic heterocycles. The third kappa shape index (κ3) is 3.84. The number of anilines is 2. The molecule has 6 nitrogen and oxygen atoms in total. The standard InChI is InChI=1S/C24H20ClF3N4O2/c1-34-19-5-3-16(25)22(28)20(19)23-21(27)15(6-7-29-23)24(33)31-17-8-12(26)2-4-18(17)32-11-13-9-14(32)10-30-13/h2-8,13-14,30H,9-11H2,1H3,(H,31,33)/t13-,14-/m1/s1. The Morgan fingerprint density at radius 3 is 2.74 bits per heavy atom. The lowest BCUT2D eigenvalue weighted by Crippen LogP contribution is -2.44. The molecule has 2 N–H and O–H groups in total. The molecule has 0 spiro atoms. The third-order valence-corrected chi connectivity index (χ3v) is 6.51. The van der Waals surface area contributed by atoms with Crippen molar-refractivity contribution < 1.29 is 22.7 Å². The van der Waals surface area contributed by atoms with E-state index in [0.29, 0.717) is 11.7 Å². The first-order valence-corrected chi connectivity index (χ1v) is 11.0. The van der Waals surface area contributed by atoms with Gasteiger partial charge in [-0.2, -0.15) is 0 Å². The number of amides is 1. The number of rotatable bonds is 5. The summed E-state index contributed by atoms with van der Waals surface area (Å²) in [5, 5.41) is 5.76. The molecule has 0 saturated carbocycles.